The standard InChI is InChI=1S/C18H18N4OS2/c19-17-20-21-18(25-17)24-13-16(23)22(11-14-7-3-1-4-8-14)12-15-9-5-2-6-10-15/h1-10H,11-13H2,(H2,19,20). The van der Waals surface area contributed by atoms with Crippen LogP contribution in [0.1, 0.15) is 11.1 Å². The first-order chi connectivity index (χ1) is 12.2. The van der Waals surface area contributed by atoms with Crippen LogP contribution < -0.4 is 5.73 Å². The Labute approximate surface area is 154 Å². The van der Waals surface area contributed by atoms with Gasteiger partial charge in [-0.25, -0.2) is 0 Å². The van der Waals surface area contributed by atoms with Gasteiger partial charge in [-0.05, 0) is 11.1 Å². The summed E-state index contributed by atoms with van der Waals surface area (Å²) in [6.45, 7) is 1.15. The third-order valence-corrected chi connectivity index (χ3v) is 5.40. The Hall–Kier alpha value is -2.38. The summed E-state index contributed by atoms with van der Waals surface area (Å²) in [5, 5.41) is 8.14. The zero-order valence-corrected chi connectivity index (χ0v) is 15.2. The summed E-state index contributed by atoms with van der Waals surface area (Å²) in [4.78, 5) is 14.6. The molecule has 5 nitrogen and oxygen atoms in total. The van der Waals surface area contributed by atoms with Gasteiger partial charge in [0.2, 0.25) is 11.0 Å². The Morgan fingerprint density at radius 2 is 1.52 bits per heavy atom. The quantitative estimate of drug-likeness (QED) is 0.645. The van der Waals surface area contributed by atoms with Gasteiger partial charge in [0.1, 0.15) is 0 Å². The largest absolute Gasteiger partial charge is 0.374 e. The average Bonchev–Trinajstić information content (AvgIpc) is 3.06. The van der Waals surface area contributed by atoms with Crippen molar-refractivity contribution in [2.24, 2.45) is 0 Å². The lowest BCUT2D eigenvalue weighted by Crippen LogP contribution is -2.31. The van der Waals surface area contributed by atoms with Crippen molar-refractivity contribution in [1.29, 1.82) is 0 Å². The minimum atomic E-state index is 0.0616. The molecule has 0 saturated heterocycles. The predicted molar refractivity (Wildman–Crippen MR) is 102 cm³/mol. The van der Waals surface area contributed by atoms with Crippen molar-refractivity contribution < 1.29 is 4.79 Å². The van der Waals surface area contributed by atoms with E-state index >= 15 is 0 Å². The number of benzene rings is 2. The van der Waals surface area contributed by atoms with Crippen LogP contribution in [0.5, 0.6) is 0 Å². The van der Waals surface area contributed by atoms with E-state index in [-0.39, 0.29) is 5.91 Å². The van der Waals surface area contributed by atoms with Crippen molar-refractivity contribution in [2.75, 3.05) is 11.5 Å². The molecule has 25 heavy (non-hydrogen) atoms. The Balaban J connectivity index is 1.69. The average molecular weight is 371 g/mol. The highest BCUT2D eigenvalue weighted by atomic mass is 32.2. The molecule has 0 radical (unpaired) electrons. The van der Waals surface area contributed by atoms with Crippen molar-refractivity contribution >= 4 is 34.1 Å². The van der Waals surface area contributed by atoms with E-state index in [0.717, 1.165) is 11.1 Å². The molecule has 0 spiro atoms. The molecule has 0 aliphatic rings. The molecule has 1 heterocycles. The van der Waals surface area contributed by atoms with Gasteiger partial charge in [-0.2, -0.15) is 0 Å². The van der Waals surface area contributed by atoms with Gasteiger partial charge < -0.3 is 10.6 Å². The van der Waals surface area contributed by atoms with Gasteiger partial charge in [0.05, 0.1) is 5.75 Å². The predicted octanol–water partition coefficient (Wildman–Crippen LogP) is 3.44. The molecular weight excluding hydrogens is 352 g/mol. The van der Waals surface area contributed by atoms with E-state index in [4.69, 9.17) is 5.73 Å². The molecule has 128 valence electrons. The molecule has 0 fully saturated rings. The van der Waals surface area contributed by atoms with Crippen LogP contribution in [0, 0.1) is 0 Å². The van der Waals surface area contributed by atoms with Gasteiger partial charge in [0.25, 0.3) is 0 Å². The lowest BCUT2D eigenvalue weighted by atomic mass is 10.1. The van der Waals surface area contributed by atoms with Crippen molar-refractivity contribution in [3.05, 3.63) is 71.8 Å². The molecule has 2 aromatic carbocycles. The second kappa shape index (κ2) is 8.64. The maximum Gasteiger partial charge on any atom is 0.233 e. The van der Waals surface area contributed by atoms with Gasteiger partial charge in [-0.3, -0.25) is 4.79 Å². The molecule has 0 aliphatic carbocycles. The molecule has 2 N–H and O–H groups in total. The van der Waals surface area contributed by atoms with Crippen molar-refractivity contribution in [3.63, 3.8) is 0 Å². The fourth-order valence-corrected chi connectivity index (χ4v) is 3.87. The molecule has 7 heteroatoms. The van der Waals surface area contributed by atoms with E-state index in [1.807, 2.05) is 65.6 Å². The smallest absolute Gasteiger partial charge is 0.233 e. The number of thioether (sulfide) groups is 1. The summed E-state index contributed by atoms with van der Waals surface area (Å²) in [5.74, 6) is 0.375. The number of nitrogens with zero attached hydrogens (tertiary/aromatic N) is 3. The highest BCUT2D eigenvalue weighted by Crippen LogP contribution is 2.24. The fourth-order valence-electron chi connectivity index (χ4n) is 2.33. The monoisotopic (exact) mass is 370 g/mol. The molecule has 1 aromatic heterocycles. The second-order valence-corrected chi connectivity index (χ2v) is 7.65. The summed E-state index contributed by atoms with van der Waals surface area (Å²) in [5.41, 5.74) is 7.80. The number of carbonyl (C=O) groups excluding carboxylic acids is 1. The number of carbonyl (C=O) groups is 1. The van der Waals surface area contributed by atoms with Crippen molar-refractivity contribution in [1.82, 2.24) is 15.1 Å². The van der Waals surface area contributed by atoms with E-state index in [1.165, 1.54) is 23.1 Å². The third kappa shape index (κ3) is 5.30. The number of nitrogen functional groups attached to an aromatic ring is 1. The second-order valence-electron chi connectivity index (χ2n) is 5.42. The van der Waals surface area contributed by atoms with E-state index < -0.39 is 0 Å². The number of hydrogen-bond acceptors (Lipinski definition) is 6. The van der Waals surface area contributed by atoms with Crippen LogP contribution in [0.15, 0.2) is 65.0 Å². The molecule has 1 amide bonds. The topological polar surface area (TPSA) is 72.1 Å². The number of anilines is 1. The summed E-state index contributed by atoms with van der Waals surface area (Å²) in [6.07, 6.45) is 0. The summed E-state index contributed by atoms with van der Waals surface area (Å²) in [6, 6.07) is 20.0. The maximum absolute atomic E-state index is 12.8. The Morgan fingerprint density at radius 1 is 0.960 bits per heavy atom. The number of aromatic nitrogens is 2. The molecule has 0 aliphatic heterocycles. The van der Waals surface area contributed by atoms with E-state index in [2.05, 4.69) is 10.2 Å². The van der Waals surface area contributed by atoms with Gasteiger partial charge in [0.15, 0.2) is 4.34 Å². The first kappa shape index (κ1) is 17.4. The van der Waals surface area contributed by atoms with Gasteiger partial charge in [-0.15, -0.1) is 10.2 Å². The van der Waals surface area contributed by atoms with Gasteiger partial charge >= 0.3 is 0 Å². The van der Waals surface area contributed by atoms with Crippen LogP contribution in [0.3, 0.4) is 0 Å². The summed E-state index contributed by atoms with van der Waals surface area (Å²) >= 11 is 2.67. The lowest BCUT2D eigenvalue weighted by Gasteiger charge is -2.23. The van der Waals surface area contributed by atoms with Gasteiger partial charge in [-0.1, -0.05) is 83.8 Å². The van der Waals surface area contributed by atoms with E-state index in [0.29, 0.717) is 28.3 Å². The zero-order chi connectivity index (χ0) is 17.5. The minimum Gasteiger partial charge on any atom is -0.374 e. The molecule has 3 rings (SSSR count). The normalized spacial score (nSPS) is 10.6. The van der Waals surface area contributed by atoms with Crippen LogP contribution >= 0.6 is 23.1 Å². The Kier molecular flexibility index (Phi) is 6.03. The van der Waals surface area contributed by atoms with E-state index in [9.17, 15) is 4.79 Å². The highest BCUT2D eigenvalue weighted by molar-refractivity contribution is 8.01. The Bertz CT molecular complexity index is 767. The Morgan fingerprint density at radius 3 is 2.00 bits per heavy atom. The lowest BCUT2D eigenvalue weighted by molar-refractivity contribution is -0.129. The molecule has 0 bridgehead atoms. The fraction of sp³-hybridized carbons (Fsp3) is 0.167. The SMILES string of the molecule is Nc1nnc(SCC(=O)N(Cc2ccccc2)Cc2ccccc2)s1. The molecular formula is C18H18N4OS2. The molecule has 0 saturated carbocycles. The number of amides is 1. The number of rotatable bonds is 7. The third-order valence-electron chi connectivity index (χ3n) is 3.53. The van der Waals surface area contributed by atoms with Crippen LogP contribution in [-0.2, 0) is 17.9 Å². The first-order valence-corrected chi connectivity index (χ1v) is 9.58. The van der Waals surface area contributed by atoms with Crippen molar-refractivity contribution in [3.8, 4) is 0 Å². The van der Waals surface area contributed by atoms with Crippen LogP contribution in [0.4, 0.5) is 5.13 Å². The van der Waals surface area contributed by atoms with Crippen LogP contribution in [0.25, 0.3) is 0 Å². The molecule has 0 unspecified atom stereocenters. The highest BCUT2D eigenvalue weighted by Gasteiger charge is 2.16. The van der Waals surface area contributed by atoms with Gasteiger partial charge in [0, 0.05) is 13.1 Å². The number of nitrogens with two attached hydrogens (primary N) is 1. The van der Waals surface area contributed by atoms with Crippen LogP contribution in [0.2, 0.25) is 0 Å². The van der Waals surface area contributed by atoms with Crippen molar-refractivity contribution in [2.45, 2.75) is 17.4 Å². The summed E-state index contributed by atoms with van der Waals surface area (Å²) < 4.78 is 0.713. The minimum absolute atomic E-state index is 0.0616. The number of hydrogen-bond donors (Lipinski definition) is 1. The molecule has 3 aromatic rings. The first-order valence-electron chi connectivity index (χ1n) is 7.78. The maximum atomic E-state index is 12.8. The zero-order valence-electron chi connectivity index (χ0n) is 13.5. The van der Waals surface area contributed by atoms with Crippen LogP contribution in [-0.4, -0.2) is 26.8 Å². The summed E-state index contributed by atoms with van der Waals surface area (Å²) in [7, 11) is 0. The van der Waals surface area contributed by atoms with E-state index in [1.54, 1.807) is 0 Å². The molecule has 0 atom stereocenters.